The molecular weight excluding hydrogens is 386 g/mol. The van der Waals surface area contributed by atoms with Gasteiger partial charge in [0.05, 0.1) is 0 Å². The van der Waals surface area contributed by atoms with Crippen molar-refractivity contribution < 1.29 is 4.79 Å². The van der Waals surface area contributed by atoms with Gasteiger partial charge in [-0.1, -0.05) is 29.8 Å². The summed E-state index contributed by atoms with van der Waals surface area (Å²) in [7, 11) is 1.79. The average molecular weight is 422 g/mol. The number of hydrogen-bond donors (Lipinski definition) is 3. The predicted molar refractivity (Wildman–Crippen MR) is 129 cm³/mol. The molecule has 6 nitrogen and oxygen atoms in total. The van der Waals surface area contributed by atoms with E-state index in [0.717, 1.165) is 31.0 Å². The molecule has 3 N–H and O–H groups in total. The fraction of sp³-hybridized carbons (Fsp3) is 0.440. The van der Waals surface area contributed by atoms with Gasteiger partial charge < -0.3 is 20.9 Å². The first kappa shape index (κ1) is 22.7. The molecule has 1 heterocycles. The lowest BCUT2D eigenvalue weighted by Gasteiger charge is -2.21. The van der Waals surface area contributed by atoms with Gasteiger partial charge in [-0.15, -0.1) is 0 Å². The Balaban J connectivity index is 1.52. The molecule has 0 saturated carbocycles. The first-order valence-corrected chi connectivity index (χ1v) is 10.9. The Morgan fingerprint density at radius 2 is 1.90 bits per heavy atom. The van der Waals surface area contributed by atoms with Crippen molar-refractivity contribution in [1.29, 1.82) is 0 Å². The Bertz CT molecular complexity index is 914. The van der Waals surface area contributed by atoms with Gasteiger partial charge in [-0.2, -0.15) is 0 Å². The van der Waals surface area contributed by atoms with Gasteiger partial charge >= 0.3 is 0 Å². The second-order valence-corrected chi connectivity index (χ2v) is 9.24. The molecular formula is C25H35N5O. The lowest BCUT2D eigenvalue weighted by molar-refractivity contribution is 0.0919. The largest absolute Gasteiger partial charge is 0.369 e. The number of carbonyl (C=O) groups excluding carboxylic acids is 1. The van der Waals surface area contributed by atoms with E-state index in [2.05, 4.69) is 57.0 Å². The molecule has 166 valence electrons. The van der Waals surface area contributed by atoms with Gasteiger partial charge in [0.25, 0.3) is 5.91 Å². The summed E-state index contributed by atoms with van der Waals surface area (Å²) in [4.78, 5) is 19.2. The maximum atomic E-state index is 12.4. The van der Waals surface area contributed by atoms with E-state index in [9.17, 15) is 4.79 Å². The second-order valence-electron chi connectivity index (χ2n) is 9.24. The van der Waals surface area contributed by atoms with Crippen LogP contribution in [0.25, 0.3) is 0 Å². The Morgan fingerprint density at radius 3 is 2.58 bits per heavy atom. The molecule has 0 radical (unpaired) electrons. The zero-order valence-electron chi connectivity index (χ0n) is 19.3. The molecule has 1 aliphatic rings. The Morgan fingerprint density at radius 1 is 1.16 bits per heavy atom. The summed E-state index contributed by atoms with van der Waals surface area (Å²) in [6.45, 7) is 10.6. The van der Waals surface area contributed by atoms with Crippen molar-refractivity contribution in [2.75, 3.05) is 25.0 Å². The van der Waals surface area contributed by atoms with Crippen LogP contribution in [0.3, 0.4) is 0 Å². The number of rotatable bonds is 5. The lowest BCUT2D eigenvalue weighted by atomic mass is 10.1. The van der Waals surface area contributed by atoms with E-state index in [1.54, 1.807) is 7.05 Å². The van der Waals surface area contributed by atoms with Crippen LogP contribution in [0.1, 0.15) is 48.7 Å². The molecule has 0 spiro atoms. The predicted octanol–water partition coefficient (Wildman–Crippen LogP) is 3.47. The quantitative estimate of drug-likeness (QED) is 0.511. The van der Waals surface area contributed by atoms with E-state index in [1.165, 1.54) is 11.3 Å². The maximum Gasteiger partial charge on any atom is 0.251 e. The van der Waals surface area contributed by atoms with Crippen LogP contribution in [0.2, 0.25) is 0 Å². The third kappa shape index (κ3) is 6.74. The van der Waals surface area contributed by atoms with Crippen molar-refractivity contribution in [2.45, 2.75) is 52.2 Å². The van der Waals surface area contributed by atoms with Gasteiger partial charge in [0, 0.05) is 49.5 Å². The van der Waals surface area contributed by atoms with Gasteiger partial charge in [-0.3, -0.25) is 9.79 Å². The van der Waals surface area contributed by atoms with E-state index in [4.69, 9.17) is 0 Å². The van der Waals surface area contributed by atoms with E-state index < -0.39 is 0 Å². The highest BCUT2D eigenvalue weighted by atomic mass is 16.1. The topological polar surface area (TPSA) is 68.8 Å². The molecule has 0 bridgehead atoms. The fourth-order valence-electron chi connectivity index (χ4n) is 3.68. The van der Waals surface area contributed by atoms with Gasteiger partial charge in [0.1, 0.15) is 0 Å². The molecule has 31 heavy (non-hydrogen) atoms. The number of aryl methyl sites for hydroxylation is 1. The highest BCUT2D eigenvalue weighted by Gasteiger charge is 2.23. The van der Waals surface area contributed by atoms with Crippen molar-refractivity contribution in [3.63, 3.8) is 0 Å². The molecule has 1 aliphatic heterocycles. The number of aliphatic imine (C=N–C) groups is 1. The van der Waals surface area contributed by atoms with Gasteiger partial charge in [0.15, 0.2) is 5.96 Å². The van der Waals surface area contributed by atoms with Crippen molar-refractivity contribution >= 4 is 17.6 Å². The normalized spacial score (nSPS) is 16.9. The molecule has 2 aromatic rings. The molecule has 1 unspecified atom stereocenters. The van der Waals surface area contributed by atoms with Crippen LogP contribution >= 0.6 is 0 Å². The Labute approximate surface area is 186 Å². The third-order valence-corrected chi connectivity index (χ3v) is 5.29. The monoisotopic (exact) mass is 421 g/mol. The fourth-order valence-corrected chi connectivity index (χ4v) is 3.68. The number of anilines is 1. The van der Waals surface area contributed by atoms with Crippen molar-refractivity contribution in [1.82, 2.24) is 16.0 Å². The van der Waals surface area contributed by atoms with Crippen LogP contribution in [0.4, 0.5) is 5.69 Å². The SMILES string of the molecule is CN=C(NCc1cccc(C(=O)NC(C)(C)C)c1)NC1CCN(c2ccc(C)cc2)C1. The summed E-state index contributed by atoms with van der Waals surface area (Å²) in [6, 6.07) is 16.7. The van der Waals surface area contributed by atoms with Crippen LogP contribution in [0.5, 0.6) is 0 Å². The standard InChI is InChI=1S/C25H35N5O/c1-18-9-11-22(12-10-18)30-14-13-21(17-30)28-24(26-5)27-16-19-7-6-8-20(15-19)23(31)29-25(2,3)4/h6-12,15,21H,13-14,16-17H2,1-5H3,(H,29,31)(H2,26,27,28). The number of benzene rings is 2. The summed E-state index contributed by atoms with van der Waals surface area (Å²) < 4.78 is 0. The van der Waals surface area contributed by atoms with Crippen molar-refractivity contribution in [2.24, 2.45) is 4.99 Å². The number of guanidine groups is 1. The Kier molecular flexibility index (Phi) is 7.21. The summed E-state index contributed by atoms with van der Waals surface area (Å²) in [5.41, 5.74) is 4.00. The zero-order chi connectivity index (χ0) is 22.4. The van der Waals surface area contributed by atoms with Crippen molar-refractivity contribution in [3.8, 4) is 0 Å². The van der Waals surface area contributed by atoms with Crippen LogP contribution in [-0.4, -0.2) is 43.6 Å². The van der Waals surface area contributed by atoms with E-state index in [0.29, 0.717) is 18.2 Å². The molecule has 2 aromatic carbocycles. The summed E-state index contributed by atoms with van der Waals surface area (Å²) in [5.74, 6) is 0.722. The minimum atomic E-state index is -0.259. The average Bonchev–Trinajstić information content (AvgIpc) is 3.19. The molecule has 6 heteroatoms. The Hall–Kier alpha value is -3.02. The molecule has 0 aromatic heterocycles. The summed E-state index contributed by atoms with van der Waals surface area (Å²) in [6.07, 6.45) is 1.07. The van der Waals surface area contributed by atoms with Crippen molar-refractivity contribution in [3.05, 3.63) is 65.2 Å². The van der Waals surface area contributed by atoms with Crippen LogP contribution in [0.15, 0.2) is 53.5 Å². The molecule has 3 rings (SSSR count). The number of nitrogens with zero attached hydrogens (tertiary/aromatic N) is 2. The number of carbonyl (C=O) groups is 1. The third-order valence-electron chi connectivity index (χ3n) is 5.29. The second kappa shape index (κ2) is 9.86. The van der Waals surface area contributed by atoms with Gasteiger partial charge in [0.2, 0.25) is 0 Å². The zero-order valence-corrected chi connectivity index (χ0v) is 19.3. The maximum absolute atomic E-state index is 12.4. The summed E-state index contributed by atoms with van der Waals surface area (Å²) >= 11 is 0. The molecule has 1 fully saturated rings. The lowest BCUT2D eigenvalue weighted by Crippen LogP contribution is -2.44. The van der Waals surface area contributed by atoms with Gasteiger partial charge in [-0.05, 0) is 63.9 Å². The first-order chi connectivity index (χ1) is 14.7. The smallest absolute Gasteiger partial charge is 0.251 e. The van der Waals surface area contributed by atoms with Gasteiger partial charge in [-0.25, -0.2) is 0 Å². The number of hydrogen-bond acceptors (Lipinski definition) is 3. The molecule has 1 amide bonds. The highest BCUT2D eigenvalue weighted by molar-refractivity contribution is 5.94. The van der Waals surface area contributed by atoms with Crippen LogP contribution in [0, 0.1) is 6.92 Å². The van der Waals surface area contributed by atoms with Crippen LogP contribution in [-0.2, 0) is 6.54 Å². The highest BCUT2D eigenvalue weighted by Crippen LogP contribution is 2.20. The minimum Gasteiger partial charge on any atom is -0.369 e. The number of nitrogens with one attached hydrogen (secondary N) is 3. The molecule has 1 saturated heterocycles. The first-order valence-electron chi connectivity index (χ1n) is 10.9. The van der Waals surface area contributed by atoms with E-state index in [-0.39, 0.29) is 11.4 Å². The minimum absolute atomic E-state index is 0.0565. The van der Waals surface area contributed by atoms with E-state index >= 15 is 0 Å². The molecule has 0 aliphatic carbocycles. The van der Waals surface area contributed by atoms with E-state index in [1.807, 2.05) is 45.0 Å². The molecule has 1 atom stereocenters. The summed E-state index contributed by atoms with van der Waals surface area (Å²) in [5, 5.41) is 9.92. The number of amides is 1. The van der Waals surface area contributed by atoms with Crippen LogP contribution < -0.4 is 20.9 Å².